The van der Waals surface area contributed by atoms with Crippen molar-refractivity contribution in [3.8, 4) is 0 Å². The van der Waals surface area contributed by atoms with Gasteiger partial charge in [0.05, 0.1) is 12.6 Å². The molecule has 0 radical (unpaired) electrons. The molecule has 2 rings (SSSR count). The maximum absolute atomic E-state index is 12.3. The summed E-state index contributed by atoms with van der Waals surface area (Å²) >= 11 is 0. The Bertz CT molecular complexity index is 422. The number of carbonyl (C=O) groups is 1. The predicted octanol–water partition coefficient (Wildman–Crippen LogP) is 1.44. The molecule has 1 saturated heterocycles. The van der Waals surface area contributed by atoms with E-state index >= 15 is 0 Å². The highest BCUT2D eigenvalue weighted by atomic mass is 16.5. The van der Waals surface area contributed by atoms with Gasteiger partial charge in [0.15, 0.2) is 0 Å². The number of carbonyl (C=O) groups excluding carboxylic acids is 1. The van der Waals surface area contributed by atoms with Gasteiger partial charge in [-0.2, -0.15) is 0 Å². The van der Waals surface area contributed by atoms with Gasteiger partial charge >= 0.3 is 0 Å². The van der Waals surface area contributed by atoms with E-state index in [9.17, 15) is 4.79 Å². The third kappa shape index (κ3) is 4.05. The lowest BCUT2D eigenvalue weighted by atomic mass is 10.1. The maximum atomic E-state index is 12.3. The minimum atomic E-state index is -0.392. The standard InChI is InChI=1S/C16H24N2O2/c1-20-12-14-9-10-18(11-14)16(19)15(17)8-7-13-5-3-2-4-6-13/h2-6,14-15H,7-12,17H2,1H3/t14?,15-/m0/s1. The average molecular weight is 276 g/mol. The summed E-state index contributed by atoms with van der Waals surface area (Å²) in [7, 11) is 1.70. The third-order valence-corrected chi connectivity index (χ3v) is 3.90. The Balaban J connectivity index is 1.78. The van der Waals surface area contributed by atoms with Gasteiger partial charge in [-0.15, -0.1) is 0 Å². The zero-order valence-electron chi connectivity index (χ0n) is 12.1. The van der Waals surface area contributed by atoms with Gasteiger partial charge in [0.2, 0.25) is 5.91 Å². The molecular formula is C16H24N2O2. The molecule has 0 bridgehead atoms. The number of methoxy groups -OCH3 is 1. The van der Waals surface area contributed by atoms with E-state index in [0.29, 0.717) is 12.3 Å². The summed E-state index contributed by atoms with van der Waals surface area (Å²) in [6, 6.07) is 9.77. The van der Waals surface area contributed by atoms with E-state index in [-0.39, 0.29) is 5.91 Å². The summed E-state index contributed by atoms with van der Waals surface area (Å²) in [6.07, 6.45) is 2.57. The van der Waals surface area contributed by atoms with Gasteiger partial charge in [0, 0.05) is 26.1 Å². The van der Waals surface area contributed by atoms with Crippen LogP contribution in [0.1, 0.15) is 18.4 Å². The molecule has 1 heterocycles. The number of nitrogens with zero attached hydrogens (tertiary/aromatic N) is 1. The van der Waals surface area contributed by atoms with Crippen LogP contribution in [0.4, 0.5) is 0 Å². The number of hydrogen-bond donors (Lipinski definition) is 1. The van der Waals surface area contributed by atoms with E-state index in [1.54, 1.807) is 7.11 Å². The van der Waals surface area contributed by atoms with Crippen LogP contribution in [0.5, 0.6) is 0 Å². The van der Waals surface area contributed by atoms with Crippen LogP contribution in [0.25, 0.3) is 0 Å². The molecular weight excluding hydrogens is 252 g/mol. The van der Waals surface area contributed by atoms with Crippen LogP contribution in [0, 0.1) is 5.92 Å². The molecule has 20 heavy (non-hydrogen) atoms. The minimum absolute atomic E-state index is 0.0829. The Morgan fingerprint density at radius 2 is 2.20 bits per heavy atom. The number of amides is 1. The van der Waals surface area contributed by atoms with E-state index < -0.39 is 6.04 Å². The highest BCUT2D eigenvalue weighted by Gasteiger charge is 2.28. The Labute approximate surface area is 120 Å². The second kappa shape index (κ2) is 7.41. The Morgan fingerprint density at radius 3 is 2.90 bits per heavy atom. The molecule has 1 aliphatic heterocycles. The van der Waals surface area contributed by atoms with E-state index in [1.165, 1.54) is 5.56 Å². The summed E-state index contributed by atoms with van der Waals surface area (Å²) in [6.45, 7) is 2.32. The fourth-order valence-electron chi connectivity index (χ4n) is 2.73. The van der Waals surface area contributed by atoms with Crippen molar-refractivity contribution >= 4 is 5.91 Å². The zero-order chi connectivity index (χ0) is 14.4. The van der Waals surface area contributed by atoms with Crippen molar-refractivity contribution in [2.45, 2.75) is 25.3 Å². The monoisotopic (exact) mass is 276 g/mol. The van der Waals surface area contributed by atoms with Crippen molar-refractivity contribution in [3.05, 3.63) is 35.9 Å². The van der Waals surface area contributed by atoms with Crippen molar-refractivity contribution in [2.75, 3.05) is 26.8 Å². The molecule has 2 N–H and O–H groups in total. The normalized spacial score (nSPS) is 20.1. The minimum Gasteiger partial charge on any atom is -0.384 e. The van der Waals surface area contributed by atoms with Crippen LogP contribution >= 0.6 is 0 Å². The van der Waals surface area contributed by atoms with Crippen LogP contribution in [-0.4, -0.2) is 43.7 Å². The topological polar surface area (TPSA) is 55.6 Å². The Hall–Kier alpha value is -1.39. The highest BCUT2D eigenvalue weighted by molar-refractivity contribution is 5.81. The lowest BCUT2D eigenvalue weighted by Crippen LogP contribution is -2.43. The summed E-state index contributed by atoms with van der Waals surface area (Å²) < 4.78 is 5.15. The van der Waals surface area contributed by atoms with Crippen LogP contribution < -0.4 is 5.73 Å². The first-order valence-electron chi connectivity index (χ1n) is 7.28. The van der Waals surface area contributed by atoms with Gasteiger partial charge in [-0.25, -0.2) is 0 Å². The number of ether oxygens (including phenoxy) is 1. The molecule has 1 unspecified atom stereocenters. The first-order chi connectivity index (χ1) is 9.70. The van der Waals surface area contributed by atoms with Gasteiger partial charge in [0.1, 0.15) is 0 Å². The second-order valence-corrected chi connectivity index (χ2v) is 5.53. The first kappa shape index (κ1) is 15.0. The number of benzene rings is 1. The van der Waals surface area contributed by atoms with Gasteiger partial charge in [-0.1, -0.05) is 30.3 Å². The van der Waals surface area contributed by atoms with Crippen LogP contribution in [0.2, 0.25) is 0 Å². The quantitative estimate of drug-likeness (QED) is 0.855. The summed E-state index contributed by atoms with van der Waals surface area (Å²) in [5.41, 5.74) is 7.27. The van der Waals surface area contributed by atoms with Crippen molar-refractivity contribution in [1.82, 2.24) is 4.90 Å². The lowest BCUT2D eigenvalue weighted by molar-refractivity contribution is -0.131. The number of hydrogen-bond acceptors (Lipinski definition) is 3. The van der Waals surface area contributed by atoms with Gasteiger partial charge in [0.25, 0.3) is 0 Å². The van der Waals surface area contributed by atoms with Crippen LogP contribution in [0.3, 0.4) is 0 Å². The van der Waals surface area contributed by atoms with Crippen molar-refractivity contribution in [3.63, 3.8) is 0 Å². The average Bonchev–Trinajstić information content (AvgIpc) is 2.94. The molecule has 1 amide bonds. The molecule has 4 heteroatoms. The zero-order valence-corrected chi connectivity index (χ0v) is 12.1. The number of aryl methyl sites for hydroxylation is 1. The molecule has 1 aromatic rings. The van der Waals surface area contributed by atoms with Crippen molar-refractivity contribution in [1.29, 1.82) is 0 Å². The van der Waals surface area contributed by atoms with Gasteiger partial charge in [-0.3, -0.25) is 4.79 Å². The molecule has 2 atom stereocenters. The molecule has 1 aromatic carbocycles. The second-order valence-electron chi connectivity index (χ2n) is 5.53. The fraction of sp³-hybridized carbons (Fsp3) is 0.562. The fourth-order valence-corrected chi connectivity index (χ4v) is 2.73. The third-order valence-electron chi connectivity index (χ3n) is 3.90. The molecule has 0 saturated carbocycles. The number of rotatable bonds is 6. The lowest BCUT2D eigenvalue weighted by Gasteiger charge is -2.21. The van der Waals surface area contributed by atoms with Gasteiger partial charge < -0.3 is 15.4 Å². The SMILES string of the molecule is COCC1CCN(C(=O)[C@@H](N)CCc2ccccc2)C1. The van der Waals surface area contributed by atoms with E-state index in [0.717, 1.165) is 32.5 Å². The smallest absolute Gasteiger partial charge is 0.239 e. The van der Waals surface area contributed by atoms with Crippen molar-refractivity contribution < 1.29 is 9.53 Å². The summed E-state index contributed by atoms with van der Waals surface area (Å²) in [5, 5.41) is 0. The summed E-state index contributed by atoms with van der Waals surface area (Å²) in [5.74, 6) is 0.546. The predicted molar refractivity (Wildman–Crippen MR) is 79.3 cm³/mol. The van der Waals surface area contributed by atoms with E-state index in [1.807, 2.05) is 23.1 Å². The van der Waals surface area contributed by atoms with Crippen LogP contribution in [0.15, 0.2) is 30.3 Å². The molecule has 0 aliphatic carbocycles. The maximum Gasteiger partial charge on any atom is 0.239 e. The molecule has 1 aliphatic rings. The molecule has 1 fully saturated rings. The molecule has 4 nitrogen and oxygen atoms in total. The largest absolute Gasteiger partial charge is 0.384 e. The Kier molecular flexibility index (Phi) is 5.56. The van der Waals surface area contributed by atoms with E-state index in [2.05, 4.69) is 12.1 Å². The van der Waals surface area contributed by atoms with Crippen molar-refractivity contribution in [2.24, 2.45) is 11.7 Å². The molecule has 0 aromatic heterocycles. The summed E-state index contributed by atoms with van der Waals surface area (Å²) in [4.78, 5) is 14.2. The number of likely N-dealkylation sites (tertiary alicyclic amines) is 1. The highest BCUT2D eigenvalue weighted by Crippen LogP contribution is 2.17. The van der Waals surface area contributed by atoms with Gasteiger partial charge in [-0.05, 0) is 24.8 Å². The van der Waals surface area contributed by atoms with E-state index in [4.69, 9.17) is 10.5 Å². The van der Waals surface area contributed by atoms with Crippen LogP contribution in [-0.2, 0) is 16.0 Å². The first-order valence-corrected chi connectivity index (χ1v) is 7.28. The Morgan fingerprint density at radius 1 is 1.45 bits per heavy atom. The molecule has 0 spiro atoms. The number of nitrogens with two attached hydrogens (primary N) is 1. The molecule has 110 valence electrons.